The third-order valence-corrected chi connectivity index (χ3v) is 7.41. The molecule has 0 saturated carbocycles. The quantitative estimate of drug-likeness (QED) is 0.0652. The Morgan fingerprint density at radius 2 is 0.815 bits per heavy atom. The molecule has 0 aromatic heterocycles. The van der Waals surface area contributed by atoms with E-state index in [1.54, 1.807) is 0 Å². The summed E-state index contributed by atoms with van der Waals surface area (Å²) in [6.07, 6.45) is 26.9. The summed E-state index contributed by atoms with van der Waals surface area (Å²) in [5.74, 6) is 0. The number of hydrogen-bond acceptors (Lipinski definition) is 0. The van der Waals surface area contributed by atoms with Gasteiger partial charge in [0.15, 0.2) is 3.68 Å². The fourth-order valence-electron chi connectivity index (χ4n) is 3.71. The fraction of sp³-hybridized carbons (Fsp3) is 1.00. The van der Waals surface area contributed by atoms with Gasteiger partial charge in [0.2, 0.25) is 0 Å². The zero-order chi connectivity index (χ0) is 20.1. The van der Waals surface area contributed by atoms with Crippen molar-refractivity contribution in [3.8, 4) is 0 Å². The first kappa shape index (κ1) is 28.4. The van der Waals surface area contributed by atoms with E-state index in [0.717, 1.165) is 25.7 Å². The lowest BCUT2D eigenvalue weighted by atomic mass is 10.0. The lowest BCUT2D eigenvalue weighted by Gasteiger charge is -2.18. The van der Waals surface area contributed by atoms with E-state index in [4.69, 9.17) is 0 Å². The molecule has 0 aliphatic rings. The number of alkyl halides is 3. The van der Waals surface area contributed by atoms with Crippen LogP contribution in [0, 0.1) is 0 Å². The third kappa shape index (κ3) is 23.5. The van der Waals surface area contributed by atoms with Crippen LogP contribution < -0.4 is 0 Å². The number of rotatable bonds is 22. The summed E-state index contributed by atoms with van der Waals surface area (Å²) in [6, 6.07) is 0. The molecule has 0 aliphatic heterocycles. The van der Waals surface area contributed by atoms with Gasteiger partial charge in [-0.3, -0.25) is 0 Å². The predicted octanol–water partition coefficient (Wildman–Crippen LogP) is 10.7. The van der Waals surface area contributed by atoms with Gasteiger partial charge in [-0.2, -0.15) is 0 Å². The molecule has 0 aromatic rings. The number of halogens is 3. The number of hydrogen-bond donors (Lipinski definition) is 0. The summed E-state index contributed by atoms with van der Waals surface area (Å²) in [6.45, 7) is 2.28. The van der Waals surface area contributed by atoms with Gasteiger partial charge < -0.3 is 0 Å². The first-order valence-corrected chi connectivity index (χ1v) is 14.7. The molecule has 0 fully saturated rings. The monoisotopic (exact) mass is 608 g/mol. The van der Waals surface area contributed by atoms with Crippen LogP contribution >= 0.6 is 45.2 Å². The molecule has 0 nitrogen and oxygen atoms in total. The topological polar surface area (TPSA) is 0 Å². The second-order valence-corrected chi connectivity index (χ2v) is 11.4. The summed E-state index contributed by atoms with van der Waals surface area (Å²) in [4.78, 5) is 0. The maximum Gasteiger partial charge on any atom is 0.161 e. The molecule has 0 saturated heterocycles. The second kappa shape index (κ2) is 22.1. The molecule has 1 atom stereocenters. The molecular formula is C24H47FI2. The summed E-state index contributed by atoms with van der Waals surface area (Å²) in [5, 5.41) is 0. The highest BCUT2D eigenvalue weighted by Gasteiger charge is 2.23. The van der Waals surface area contributed by atoms with Crippen LogP contribution in [0.4, 0.5) is 4.39 Å². The highest BCUT2D eigenvalue weighted by molar-refractivity contribution is 14.1. The van der Waals surface area contributed by atoms with Crippen LogP contribution in [0.1, 0.15) is 142 Å². The lowest BCUT2D eigenvalue weighted by molar-refractivity contribution is 0.259. The van der Waals surface area contributed by atoms with Gasteiger partial charge in [0, 0.05) is 0 Å². The van der Waals surface area contributed by atoms with Crippen molar-refractivity contribution < 1.29 is 4.39 Å². The van der Waals surface area contributed by atoms with E-state index in [2.05, 4.69) is 52.1 Å². The van der Waals surface area contributed by atoms with Crippen molar-refractivity contribution in [2.45, 2.75) is 145 Å². The minimum atomic E-state index is -0.946. The average Bonchev–Trinajstić information content (AvgIpc) is 2.65. The third-order valence-electron chi connectivity index (χ3n) is 5.57. The van der Waals surface area contributed by atoms with Crippen molar-refractivity contribution in [1.29, 1.82) is 0 Å². The van der Waals surface area contributed by atoms with Gasteiger partial charge in [0.25, 0.3) is 0 Å². The molecule has 27 heavy (non-hydrogen) atoms. The Labute approximate surface area is 198 Å². The molecule has 0 N–H and O–H groups in total. The maximum absolute atomic E-state index is 14.5. The summed E-state index contributed by atoms with van der Waals surface area (Å²) in [7, 11) is 0. The van der Waals surface area contributed by atoms with Crippen LogP contribution in [-0.4, -0.2) is 8.10 Å². The molecule has 0 amide bonds. The zero-order valence-corrected chi connectivity index (χ0v) is 22.5. The molecular weight excluding hydrogens is 561 g/mol. The van der Waals surface area contributed by atoms with Gasteiger partial charge in [-0.1, -0.05) is 132 Å². The molecule has 0 heterocycles. The Bertz CT molecular complexity index is 282. The Morgan fingerprint density at radius 1 is 0.519 bits per heavy atom. The Balaban J connectivity index is 3.26. The van der Waals surface area contributed by atoms with E-state index >= 15 is 0 Å². The molecule has 0 aromatic carbocycles. The second-order valence-electron chi connectivity index (χ2n) is 8.41. The zero-order valence-electron chi connectivity index (χ0n) is 18.2. The maximum atomic E-state index is 14.5. The molecule has 0 spiro atoms. The normalized spacial score (nSPS) is 13.8. The molecule has 0 aliphatic carbocycles. The summed E-state index contributed by atoms with van der Waals surface area (Å²) >= 11 is 4.51. The van der Waals surface area contributed by atoms with E-state index in [0.29, 0.717) is 0 Å². The fourth-order valence-corrected chi connectivity index (χ4v) is 5.01. The molecule has 0 bridgehead atoms. The average molecular weight is 608 g/mol. The Morgan fingerprint density at radius 3 is 1.15 bits per heavy atom. The van der Waals surface area contributed by atoms with Crippen LogP contribution in [0.15, 0.2) is 0 Å². The van der Waals surface area contributed by atoms with Crippen LogP contribution in [-0.2, 0) is 0 Å². The SMILES string of the molecule is CCCCCCCCCCCCCCCCC(F)(I)CCCCCCCI. The van der Waals surface area contributed by atoms with E-state index in [1.807, 2.05) is 0 Å². The summed E-state index contributed by atoms with van der Waals surface area (Å²) in [5.41, 5.74) is 0. The van der Waals surface area contributed by atoms with Gasteiger partial charge in [-0.05, 0) is 59.1 Å². The van der Waals surface area contributed by atoms with E-state index in [1.165, 1.54) is 114 Å². The predicted molar refractivity (Wildman–Crippen MR) is 139 cm³/mol. The Hall–Kier alpha value is 1.39. The summed E-state index contributed by atoms with van der Waals surface area (Å²) < 4.78 is 14.8. The van der Waals surface area contributed by atoms with Crippen molar-refractivity contribution in [3.63, 3.8) is 0 Å². The largest absolute Gasteiger partial charge is 0.232 e. The highest BCUT2D eigenvalue weighted by atomic mass is 127. The molecule has 3 heteroatoms. The van der Waals surface area contributed by atoms with Gasteiger partial charge in [0.1, 0.15) is 0 Å². The van der Waals surface area contributed by atoms with E-state index in [-0.39, 0.29) is 0 Å². The number of unbranched alkanes of at least 4 members (excludes halogenated alkanes) is 17. The Kier molecular flexibility index (Phi) is 23.2. The molecule has 164 valence electrons. The molecule has 0 radical (unpaired) electrons. The first-order valence-electron chi connectivity index (χ1n) is 12.1. The standard InChI is InChI=1S/C24H47FI2/c1-2-3-4-5-6-7-8-9-10-11-12-13-15-18-21-24(25,27)22-19-16-14-17-20-23-26/h2-23H2,1H3. The first-order chi connectivity index (χ1) is 13.1. The van der Waals surface area contributed by atoms with Crippen LogP contribution in [0.3, 0.4) is 0 Å². The van der Waals surface area contributed by atoms with E-state index in [9.17, 15) is 4.39 Å². The van der Waals surface area contributed by atoms with Crippen molar-refractivity contribution in [3.05, 3.63) is 0 Å². The van der Waals surface area contributed by atoms with Gasteiger partial charge >= 0.3 is 0 Å². The molecule has 1 unspecified atom stereocenters. The van der Waals surface area contributed by atoms with Gasteiger partial charge in [0.05, 0.1) is 0 Å². The van der Waals surface area contributed by atoms with Gasteiger partial charge in [-0.15, -0.1) is 0 Å². The van der Waals surface area contributed by atoms with Crippen molar-refractivity contribution in [2.75, 3.05) is 4.43 Å². The lowest BCUT2D eigenvalue weighted by Crippen LogP contribution is -2.12. The van der Waals surface area contributed by atoms with Gasteiger partial charge in [-0.25, -0.2) is 4.39 Å². The minimum Gasteiger partial charge on any atom is -0.232 e. The van der Waals surface area contributed by atoms with Crippen LogP contribution in [0.2, 0.25) is 0 Å². The van der Waals surface area contributed by atoms with Crippen molar-refractivity contribution in [2.24, 2.45) is 0 Å². The van der Waals surface area contributed by atoms with E-state index < -0.39 is 3.68 Å². The van der Waals surface area contributed by atoms with Crippen molar-refractivity contribution in [1.82, 2.24) is 0 Å². The van der Waals surface area contributed by atoms with Crippen LogP contribution in [0.25, 0.3) is 0 Å². The van der Waals surface area contributed by atoms with Crippen molar-refractivity contribution >= 4 is 45.2 Å². The minimum absolute atomic E-state index is 0.760. The highest BCUT2D eigenvalue weighted by Crippen LogP contribution is 2.33. The van der Waals surface area contributed by atoms with Crippen LogP contribution in [0.5, 0.6) is 0 Å². The molecule has 0 rings (SSSR count). The smallest absolute Gasteiger partial charge is 0.161 e.